The van der Waals surface area contributed by atoms with Crippen LogP contribution in [0.4, 0.5) is 10.5 Å². The van der Waals surface area contributed by atoms with E-state index in [9.17, 15) is 19.7 Å². The van der Waals surface area contributed by atoms with Crippen LogP contribution in [0, 0.1) is 10.1 Å². The third kappa shape index (κ3) is 5.58. The molecule has 0 aromatic heterocycles. The van der Waals surface area contributed by atoms with Gasteiger partial charge in [-0.3, -0.25) is 14.9 Å². The highest BCUT2D eigenvalue weighted by Gasteiger charge is 2.12. The van der Waals surface area contributed by atoms with Gasteiger partial charge in [-0.25, -0.2) is 4.79 Å². The number of nitro groups is 1. The lowest BCUT2D eigenvalue weighted by Crippen LogP contribution is -2.24. The summed E-state index contributed by atoms with van der Waals surface area (Å²) in [5, 5.41) is 13.3. The molecule has 128 valence electrons. The van der Waals surface area contributed by atoms with Gasteiger partial charge in [0.1, 0.15) is 6.61 Å². The molecular weight excluding hydrogens is 324 g/mol. The standard InChI is InChI=1S/C18H16N2O5/c21-12-16-11-14(8-9-17(16)20(23)24)7-4-10-19-18(22)25-13-15-5-2-1-3-6-15/h1-9,11-12H,10,13H2,(H,19,22). The molecule has 0 saturated carbocycles. The summed E-state index contributed by atoms with van der Waals surface area (Å²) in [6.45, 7) is 0.405. The Morgan fingerprint density at radius 1 is 1.20 bits per heavy atom. The van der Waals surface area contributed by atoms with E-state index in [1.165, 1.54) is 18.2 Å². The molecule has 2 rings (SSSR count). The van der Waals surface area contributed by atoms with E-state index < -0.39 is 11.0 Å². The van der Waals surface area contributed by atoms with Crippen LogP contribution in [0.1, 0.15) is 21.5 Å². The number of nitrogens with zero attached hydrogens (tertiary/aromatic N) is 1. The zero-order valence-electron chi connectivity index (χ0n) is 13.3. The molecule has 0 atom stereocenters. The van der Waals surface area contributed by atoms with Gasteiger partial charge in [0, 0.05) is 12.6 Å². The Morgan fingerprint density at radius 2 is 1.96 bits per heavy atom. The average molecular weight is 340 g/mol. The number of nitro benzene ring substituents is 1. The van der Waals surface area contributed by atoms with Crippen LogP contribution in [0.15, 0.2) is 54.6 Å². The normalized spacial score (nSPS) is 10.4. The SMILES string of the molecule is O=Cc1cc(C=CCNC(=O)OCc2ccccc2)ccc1[N+](=O)[O-]. The van der Waals surface area contributed by atoms with E-state index >= 15 is 0 Å². The van der Waals surface area contributed by atoms with E-state index in [1.54, 1.807) is 12.2 Å². The molecule has 25 heavy (non-hydrogen) atoms. The van der Waals surface area contributed by atoms with Gasteiger partial charge in [-0.1, -0.05) is 42.5 Å². The molecule has 0 spiro atoms. The number of aldehydes is 1. The minimum absolute atomic E-state index is 0.00220. The van der Waals surface area contributed by atoms with Gasteiger partial charge in [0.05, 0.1) is 10.5 Å². The Balaban J connectivity index is 1.81. The fraction of sp³-hybridized carbons (Fsp3) is 0.111. The summed E-state index contributed by atoms with van der Waals surface area (Å²) in [4.78, 5) is 32.6. The predicted octanol–water partition coefficient (Wildman–Crippen LogP) is 3.35. The lowest BCUT2D eigenvalue weighted by molar-refractivity contribution is -0.385. The molecule has 0 fully saturated rings. The number of benzene rings is 2. The Bertz CT molecular complexity index is 787. The number of hydrogen-bond acceptors (Lipinski definition) is 5. The highest BCUT2D eigenvalue weighted by atomic mass is 16.6. The van der Waals surface area contributed by atoms with Crippen LogP contribution in [0.25, 0.3) is 6.08 Å². The highest BCUT2D eigenvalue weighted by molar-refractivity contribution is 5.82. The first-order chi connectivity index (χ1) is 12.1. The van der Waals surface area contributed by atoms with Gasteiger partial charge >= 0.3 is 6.09 Å². The van der Waals surface area contributed by atoms with Crippen LogP contribution < -0.4 is 5.32 Å². The van der Waals surface area contributed by atoms with Crippen molar-refractivity contribution in [2.45, 2.75) is 6.61 Å². The summed E-state index contributed by atoms with van der Waals surface area (Å²) in [6.07, 6.45) is 3.19. The second kappa shape index (κ2) is 8.97. The number of ether oxygens (including phenoxy) is 1. The molecule has 0 radical (unpaired) electrons. The third-order valence-corrected chi connectivity index (χ3v) is 3.26. The maximum atomic E-state index is 11.6. The molecule has 2 aromatic carbocycles. The molecule has 1 amide bonds. The van der Waals surface area contributed by atoms with Gasteiger partial charge in [-0.2, -0.15) is 0 Å². The molecule has 0 saturated heterocycles. The van der Waals surface area contributed by atoms with Crippen molar-refractivity contribution in [1.82, 2.24) is 5.32 Å². The van der Waals surface area contributed by atoms with Crippen LogP contribution in [0.3, 0.4) is 0 Å². The van der Waals surface area contributed by atoms with E-state index in [4.69, 9.17) is 4.74 Å². The van der Waals surface area contributed by atoms with Gasteiger partial charge in [-0.05, 0) is 23.3 Å². The number of hydrogen-bond donors (Lipinski definition) is 1. The molecule has 0 aliphatic rings. The van der Waals surface area contributed by atoms with Gasteiger partial charge in [0.2, 0.25) is 0 Å². The van der Waals surface area contributed by atoms with Crippen molar-refractivity contribution in [3.63, 3.8) is 0 Å². The van der Waals surface area contributed by atoms with Gasteiger partial charge in [-0.15, -0.1) is 0 Å². The van der Waals surface area contributed by atoms with E-state index in [0.717, 1.165) is 5.56 Å². The number of carbonyl (C=O) groups is 2. The number of carbonyl (C=O) groups excluding carboxylic acids is 2. The summed E-state index contributed by atoms with van der Waals surface area (Å²) in [5.41, 5.74) is 1.27. The van der Waals surface area contributed by atoms with Crippen molar-refractivity contribution in [3.05, 3.63) is 81.4 Å². The molecule has 1 N–H and O–H groups in total. The first-order valence-corrected chi connectivity index (χ1v) is 7.45. The third-order valence-electron chi connectivity index (χ3n) is 3.26. The van der Waals surface area contributed by atoms with Crippen molar-refractivity contribution in [3.8, 4) is 0 Å². The quantitative estimate of drug-likeness (QED) is 0.473. The van der Waals surface area contributed by atoms with E-state index in [0.29, 0.717) is 11.8 Å². The largest absolute Gasteiger partial charge is 0.445 e. The average Bonchev–Trinajstić information content (AvgIpc) is 2.64. The van der Waals surface area contributed by atoms with Crippen molar-refractivity contribution >= 4 is 24.1 Å². The Labute approximate surface area is 144 Å². The summed E-state index contributed by atoms with van der Waals surface area (Å²) < 4.78 is 5.05. The van der Waals surface area contributed by atoms with Gasteiger partial charge < -0.3 is 10.1 Å². The molecule has 0 aliphatic carbocycles. The Morgan fingerprint density at radius 3 is 2.64 bits per heavy atom. The van der Waals surface area contributed by atoms with E-state index in [1.807, 2.05) is 30.3 Å². The number of nitrogens with one attached hydrogen (secondary N) is 1. The minimum atomic E-state index is -0.610. The molecule has 0 unspecified atom stereocenters. The maximum absolute atomic E-state index is 11.6. The van der Waals surface area contributed by atoms with Crippen molar-refractivity contribution in [2.24, 2.45) is 0 Å². The fourth-order valence-corrected chi connectivity index (χ4v) is 2.05. The highest BCUT2D eigenvalue weighted by Crippen LogP contribution is 2.18. The molecule has 0 heterocycles. The van der Waals surface area contributed by atoms with Crippen LogP contribution >= 0.6 is 0 Å². The second-order valence-electron chi connectivity index (χ2n) is 5.04. The summed E-state index contributed by atoms with van der Waals surface area (Å²) in [5.74, 6) is 0. The first kappa shape index (κ1) is 17.9. The van der Waals surface area contributed by atoms with Crippen LogP contribution in [0.2, 0.25) is 0 Å². The number of rotatable bonds is 7. The van der Waals surface area contributed by atoms with Crippen molar-refractivity contribution in [1.29, 1.82) is 0 Å². The molecule has 7 heteroatoms. The van der Waals surface area contributed by atoms with E-state index in [2.05, 4.69) is 5.32 Å². The lowest BCUT2D eigenvalue weighted by atomic mass is 10.1. The molecule has 0 aliphatic heterocycles. The van der Waals surface area contributed by atoms with Crippen LogP contribution in [0.5, 0.6) is 0 Å². The topological polar surface area (TPSA) is 98.5 Å². The molecule has 0 bridgehead atoms. The predicted molar refractivity (Wildman–Crippen MR) is 92.1 cm³/mol. The maximum Gasteiger partial charge on any atom is 0.407 e. The molecule has 7 nitrogen and oxygen atoms in total. The Kier molecular flexibility index (Phi) is 6.41. The number of alkyl carbamates (subject to hydrolysis) is 1. The zero-order valence-corrected chi connectivity index (χ0v) is 13.3. The smallest absolute Gasteiger partial charge is 0.407 e. The Hall–Kier alpha value is -3.48. The fourth-order valence-electron chi connectivity index (χ4n) is 2.05. The lowest BCUT2D eigenvalue weighted by Gasteiger charge is -2.05. The monoisotopic (exact) mass is 340 g/mol. The van der Waals surface area contributed by atoms with Gasteiger partial charge in [0.25, 0.3) is 5.69 Å². The second-order valence-corrected chi connectivity index (χ2v) is 5.04. The first-order valence-electron chi connectivity index (χ1n) is 7.45. The van der Waals surface area contributed by atoms with Crippen LogP contribution in [-0.4, -0.2) is 23.8 Å². The summed E-state index contributed by atoms with van der Waals surface area (Å²) in [7, 11) is 0. The van der Waals surface area contributed by atoms with Crippen molar-refractivity contribution in [2.75, 3.05) is 6.54 Å². The minimum Gasteiger partial charge on any atom is -0.445 e. The number of amides is 1. The zero-order chi connectivity index (χ0) is 18.1. The van der Waals surface area contributed by atoms with Gasteiger partial charge in [0.15, 0.2) is 6.29 Å². The van der Waals surface area contributed by atoms with Crippen molar-refractivity contribution < 1.29 is 19.2 Å². The molecular formula is C18H16N2O5. The summed E-state index contributed by atoms with van der Waals surface area (Å²) >= 11 is 0. The van der Waals surface area contributed by atoms with Crippen LogP contribution in [-0.2, 0) is 11.3 Å². The summed E-state index contributed by atoms with van der Waals surface area (Å²) in [6, 6.07) is 13.5. The molecule has 2 aromatic rings. The van der Waals surface area contributed by atoms with E-state index in [-0.39, 0.29) is 24.4 Å².